The van der Waals surface area contributed by atoms with Crippen LogP contribution in [0, 0.1) is 40.7 Å². The van der Waals surface area contributed by atoms with E-state index in [0.717, 1.165) is 6.26 Å². The van der Waals surface area contributed by atoms with Gasteiger partial charge in [0, 0.05) is 55.8 Å². The molecule has 0 unspecified atom stereocenters. The SMILES string of the molecule is CO[C@H]1/C=C/O[C@@]2(C)Oc3c(C)c(O)c4c(c3C2=O)C(=O)C([N+](=O)[O-])=C(NC(=O)/C(C)=C\C=C\[C@H](C)[C@H](O)[C@@H](C)[C@@H](O)[C@H](C)[C@H](OC(C)=O)[C@H]1C)C4=O. The quantitative estimate of drug-likeness (QED) is 0.198. The summed E-state index contributed by atoms with van der Waals surface area (Å²) >= 11 is 0. The van der Waals surface area contributed by atoms with Gasteiger partial charge in [0.05, 0.1) is 46.2 Å². The van der Waals surface area contributed by atoms with Gasteiger partial charge in [0.25, 0.3) is 17.5 Å². The normalized spacial score (nSPS) is 33.3. The van der Waals surface area contributed by atoms with Crippen LogP contribution >= 0.6 is 0 Å². The van der Waals surface area contributed by atoms with Crippen molar-refractivity contribution in [1.82, 2.24) is 5.32 Å². The molecule has 3 aliphatic heterocycles. The number of hydrogen-bond acceptors (Lipinski definition) is 14. The number of aliphatic hydroxyl groups excluding tert-OH is 2. The predicted molar refractivity (Wildman–Crippen MR) is 185 cm³/mol. The van der Waals surface area contributed by atoms with Crippen LogP contribution in [-0.4, -0.2) is 86.8 Å². The lowest BCUT2D eigenvalue weighted by Crippen LogP contribution is -2.46. The third-order valence-corrected chi connectivity index (χ3v) is 10.1. The number of ether oxygens (including phenoxy) is 4. The van der Waals surface area contributed by atoms with Gasteiger partial charge in [0.15, 0.2) is 5.70 Å². The molecule has 0 saturated heterocycles. The second-order valence-electron chi connectivity index (χ2n) is 13.8. The number of hydrogen-bond donors (Lipinski definition) is 4. The number of benzene rings is 1. The average molecular weight is 741 g/mol. The maximum absolute atomic E-state index is 14.0. The number of nitrogens with zero attached hydrogens (tertiary/aromatic N) is 1. The second kappa shape index (κ2) is 15.4. The van der Waals surface area contributed by atoms with Gasteiger partial charge in [-0.15, -0.1) is 0 Å². The Morgan fingerprint density at radius 3 is 2.19 bits per heavy atom. The fraction of sp³-hybridized carbons (Fsp3) is 0.486. The first-order valence-corrected chi connectivity index (χ1v) is 16.9. The van der Waals surface area contributed by atoms with E-state index in [1.54, 1.807) is 33.8 Å². The van der Waals surface area contributed by atoms with Gasteiger partial charge in [0.2, 0.25) is 5.78 Å². The van der Waals surface area contributed by atoms with E-state index >= 15 is 0 Å². The molecule has 286 valence electrons. The highest BCUT2D eigenvalue weighted by Gasteiger charge is 2.54. The molecule has 53 heavy (non-hydrogen) atoms. The van der Waals surface area contributed by atoms with Crippen molar-refractivity contribution in [2.45, 2.75) is 85.6 Å². The first-order valence-electron chi connectivity index (χ1n) is 16.9. The van der Waals surface area contributed by atoms with Crippen LogP contribution in [0.25, 0.3) is 0 Å². The molecule has 1 amide bonds. The summed E-state index contributed by atoms with van der Waals surface area (Å²) in [5, 5.41) is 48.1. The van der Waals surface area contributed by atoms with Crippen LogP contribution in [0.2, 0.25) is 0 Å². The number of aromatic hydroxyl groups is 1. The van der Waals surface area contributed by atoms with Gasteiger partial charge in [-0.2, -0.15) is 0 Å². The van der Waals surface area contributed by atoms with E-state index in [4.69, 9.17) is 18.9 Å². The summed E-state index contributed by atoms with van der Waals surface area (Å²) in [4.78, 5) is 78.2. The van der Waals surface area contributed by atoms with Gasteiger partial charge in [-0.25, -0.2) is 0 Å². The number of fused-ring (bicyclic) bond motifs is 14. The highest BCUT2D eigenvalue weighted by molar-refractivity contribution is 6.32. The van der Waals surface area contributed by atoms with Crippen LogP contribution in [0.1, 0.15) is 85.1 Å². The number of aliphatic hydroxyl groups is 2. The summed E-state index contributed by atoms with van der Waals surface area (Å²) in [5.41, 5.74) is -4.63. The minimum absolute atomic E-state index is 0.0647. The Morgan fingerprint density at radius 1 is 0.962 bits per heavy atom. The molecule has 3 heterocycles. The maximum Gasteiger partial charge on any atom is 0.344 e. The Labute approximate surface area is 305 Å². The summed E-state index contributed by atoms with van der Waals surface area (Å²) < 4.78 is 22.9. The van der Waals surface area contributed by atoms with Crippen molar-refractivity contribution in [1.29, 1.82) is 0 Å². The number of carbonyl (C=O) groups is 5. The zero-order valence-electron chi connectivity index (χ0n) is 30.8. The highest BCUT2D eigenvalue weighted by atomic mass is 16.7. The molecule has 0 spiro atoms. The molecule has 1 aromatic rings. The molecule has 5 rings (SSSR count). The Morgan fingerprint density at radius 2 is 1.60 bits per heavy atom. The summed E-state index contributed by atoms with van der Waals surface area (Å²) in [5.74, 6) is -11.5. The van der Waals surface area contributed by atoms with Gasteiger partial charge in [-0.3, -0.25) is 34.1 Å². The smallest absolute Gasteiger partial charge is 0.344 e. The van der Waals surface area contributed by atoms with E-state index in [-0.39, 0.29) is 16.9 Å². The number of esters is 1. The van der Waals surface area contributed by atoms with Crippen molar-refractivity contribution in [2.75, 3.05) is 7.11 Å². The molecular weight excluding hydrogens is 696 g/mol. The molecule has 1 aliphatic carbocycles. The van der Waals surface area contributed by atoms with Gasteiger partial charge >= 0.3 is 17.5 Å². The summed E-state index contributed by atoms with van der Waals surface area (Å²) in [7, 11) is 1.37. The summed E-state index contributed by atoms with van der Waals surface area (Å²) in [6.45, 7) is 11.7. The minimum Gasteiger partial charge on any atom is -0.507 e. The molecule has 0 fully saturated rings. The van der Waals surface area contributed by atoms with Crippen LogP contribution in [-0.2, 0) is 23.8 Å². The van der Waals surface area contributed by atoms with Crippen LogP contribution in [0.5, 0.6) is 11.5 Å². The maximum atomic E-state index is 14.0. The molecule has 1 aromatic carbocycles. The zero-order valence-corrected chi connectivity index (χ0v) is 30.8. The van der Waals surface area contributed by atoms with Crippen molar-refractivity contribution in [3.8, 4) is 11.5 Å². The topological polar surface area (TPSA) is 238 Å². The fourth-order valence-corrected chi connectivity index (χ4v) is 6.85. The van der Waals surface area contributed by atoms with Crippen molar-refractivity contribution in [3.63, 3.8) is 0 Å². The first kappa shape index (κ1) is 40.6. The van der Waals surface area contributed by atoms with Gasteiger partial charge in [-0.05, 0) is 19.9 Å². The monoisotopic (exact) mass is 740 g/mol. The number of methoxy groups -OCH3 is 1. The molecule has 16 heteroatoms. The van der Waals surface area contributed by atoms with Crippen molar-refractivity contribution in [3.05, 3.63) is 79.9 Å². The zero-order chi connectivity index (χ0) is 39.9. The first-order chi connectivity index (χ1) is 24.7. The molecule has 0 radical (unpaired) electrons. The lowest BCUT2D eigenvalue weighted by Gasteiger charge is -2.38. The highest BCUT2D eigenvalue weighted by Crippen LogP contribution is 2.48. The number of carbonyl (C=O) groups excluding carboxylic acids is 5. The minimum atomic E-state index is -2.22. The lowest BCUT2D eigenvalue weighted by molar-refractivity contribution is -0.417. The number of allylic oxidation sites excluding steroid dienone is 4. The van der Waals surface area contributed by atoms with E-state index < -0.39 is 122 Å². The largest absolute Gasteiger partial charge is 0.507 e. The van der Waals surface area contributed by atoms with Crippen molar-refractivity contribution in [2.24, 2.45) is 23.7 Å². The average Bonchev–Trinajstić information content (AvgIpc) is 3.36. The van der Waals surface area contributed by atoms with Crippen LogP contribution in [0.4, 0.5) is 0 Å². The molecule has 4 N–H and O–H groups in total. The number of ketones is 3. The molecular formula is C37H44N2O14. The number of phenols is 1. The van der Waals surface area contributed by atoms with Gasteiger partial charge in [0.1, 0.15) is 17.6 Å². The number of amides is 1. The van der Waals surface area contributed by atoms with E-state index in [9.17, 15) is 49.4 Å². The Kier molecular flexibility index (Phi) is 11.8. The molecule has 16 nitrogen and oxygen atoms in total. The Bertz CT molecular complexity index is 1880. The summed E-state index contributed by atoms with van der Waals surface area (Å²) in [6.07, 6.45) is 2.61. The second-order valence-corrected chi connectivity index (χ2v) is 13.8. The standard InChI is InChI=1S/C37H44N2O14/c1-15-11-10-12-16(2)36(47)38-26-27(39(48)49)32(45)23-24(31(26)44)30(43)20(6)34-25(23)35(46)37(8,53-34)51-14-13-22(50-9)17(3)33(52-21(7)40)19(5)29(42)18(4)28(15)41/h10-15,17-19,22,28-29,33,41-43H,1-9H3,(H,38,47)/b11-10+,14-13+,16-12-/t15-,17-,18+,19-,22-,28-,29+,33+,37-/m0/s1. The predicted octanol–water partition coefficient (Wildman–Crippen LogP) is 3.23. The van der Waals surface area contributed by atoms with Gasteiger partial charge in [-0.1, -0.05) is 45.9 Å². The number of nitro groups is 1. The van der Waals surface area contributed by atoms with Crippen LogP contribution < -0.4 is 10.1 Å². The Balaban J connectivity index is 1.91. The van der Waals surface area contributed by atoms with E-state index in [2.05, 4.69) is 5.32 Å². The van der Waals surface area contributed by atoms with E-state index in [0.29, 0.717) is 0 Å². The lowest BCUT2D eigenvalue weighted by atomic mass is 9.78. The van der Waals surface area contributed by atoms with Gasteiger partial charge < -0.3 is 39.6 Å². The number of rotatable bonds is 3. The number of phenolic OH excluding ortho intramolecular Hbond substituents is 1. The van der Waals surface area contributed by atoms with E-state index in [1.807, 2.05) is 0 Å². The molecule has 9 atom stereocenters. The molecule has 0 saturated carbocycles. The summed E-state index contributed by atoms with van der Waals surface area (Å²) in [6, 6.07) is 0. The van der Waals surface area contributed by atoms with Crippen molar-refractivity contribution >= 4 is 29.2 Å². The number of nitrogens with one attached hydrogen (secondary N) is 1. The molecule has 4 aliphatic rings. The number of Topliss-reactive ketones (excluding diaryl/α,β-unsaturated/α-hetero) is 3. The van der Waals surface area contributed by atoms with Crippen molar-refractivity contribution < 1.29 is 63.2 Å². The third-order valence-electron chi connectivity index (χ3n) is 10.1. The third kappa shape index (κ3) is 7.39. The van der Waals surface area contributed by atoms with Crippen LogP contribution in [0.3, 0.4) is 0 Å². The Hall–Kier alpha value is -5.19. The fourth-order valence-electron chi connectivity index (χ4n) is 6.85. The molecule has 0 aromatic heterocycles. The molecule has 5 bridgehead atoms. The van der Waals surface area contributed by atoms with Crippen LogP contribution in [0.15, 0.2) is 47.5 Å². The van der Waals surface area contributed by atoms with E-state index in [1.165, 1.54) is 53.0 Å².